The van der Waals surface area contributed by atoms with Gasteiger partial charge in [0.25, 0.3) is 5.91 Å². The summed E-state index contributed by atoms with van der Waals surface area (Å²) < 4.78 is 4.82. The fraction of sp³-hybridized carbons (Fsp3) is 0.455. The number of aromatic nitrogens is 1. The lowest BCUT2D eigenvalue weighted by Gasteiger charge is -2.30. The summed E-state index contributed by atoms with van der Waals surface area (Å²) in [6, 6.07) is 10.5. The van der Waals surface area contributed by atoms with Gasteiger partial charge in [0.1, 0.15) is 5.69 Å². The monoisotopic (exact) mass is 385 g/mol. The molecule has 1 heterocycles. The summed E-state index contributed by atoms with van der Waals surface area (Å²) in [4.78, 5) is 30.1. The van der Waals surface area contributed by atoms with Gasteiger partial charge in [0.15, 0.2) is 0 Å². The number of rotatable bonds is 9. The molecule has 2 rings (SSSR count). The van der Waals surface area contributed by atoms with Crippen LogP contribution in [0.5, 0.6) is 0 Å². The summed E-state index contributed by atoms with van der Waals surface area (Å²) in [5, 5.41) is 3.04. The van der Waals surface area contributed by atoms with Crippen molar-refractivity contribution in [1.29, 1.82) is 0 Å². The van der Waals surface area contributed by atoms with Gasteiger partial charge in [-0.15, -0.1) is 0 Å². The second-order valence-electron chi connectivity index (χ2n) is 6.89. The fourth-order valence-electron chi connectivity index (χ4n) is 3.64. The molecule has 2 aromatic rings. The molecule has 1 atom stereocenters. The average molecular weight is 386 g/mol. The number of likely N-dealkylation sites (N-methyl/N-ethyl adjacent to an activating group) is 1. The van der Waals surface area contributed by atoms with E-state index in [0.717, 1.165) is 19.5 Å². The van der Waals surface area contributed by atoms with Crippen molar-refractivity contribution in [3.8, 4) is 0 Å². The van der Waals surface area contributed by atoms with Crippen molar-refractivity contribution in [2.75, 3.05) is 26.7 Å². The van der Waals surface area contributed by atoms with Crippen LogP contribution < -0.4 is 5.32 Å². The van der Waals surface area contributed by atoms with E-state index in [1.807, 2.05) is 18.2 Å². The zero-order valence-corrected chi connectivity index (χ0v) is 17.5. The molecular weight excluding hydrogens is 354 g/mol. The molecule has 6 heteroatoms. The van der Waals surface area contributed by atoms with Crippen LogP contribution in [-0.2, 0) is 11.2 Å². The van der Waals surface area contributed by atoms with Gasteiger partial charge in [-0.05, 0) is 44.5 Å². The molecule has 0 saturated carbocycles. The van der Waals surface area contributed by atoms with Gasteiger partial charge in [-0.2, -0.15) is 0 Å². The van der Waals surface area contributed by atoms with E-state index >= 15 is 0 Å². The number of H-pyrrole nitrogens is 1. The van der Waals surface area contributed by atoms with Crippen LogP contribution >= 0.6 is 0 Å². The Bertz CT molecular complexity index is 795. The van der Waals surface area contributed by atoms with E-state index in [9.17, 15) is 9.59 Å². The highest BCUT2D eigenvalue weighted by molar-refractivity contribution is 6.00. The maximum absolute atomic E-state index is 12.8. The molecule has 2 N–H and O–H groups in total. The molecule has 0 aliphatic heterocycles. The molecule has 1 amide bonds. The van der Waals surface area contributed by atoms with Gasteiger partial charge in [0.05, 0.1) is 12.7 Å². The lowest BCUT2D eigenvalue weighted by molar-refractivity contribution is 0.0599. The van der Waals surface area contributed by atoms with Crippen LogP contribution in [0.25, 0.3) is 0 Å². The van der Waals surface area contributed by atoms with Crippen molar-refractivity contribution in [2.24, 2.45) is 0 Å². The number of aromatic amines is 1. The number of nitrogens with zero attached hydrogens (tertiary/aromatic N) is 1. The van der Waals surface area contributed by atoms with Gasteiger partial charge in [-0.3, -0.25) is 9.69 Å². The summed E-state index contributed by atoms with van der Waals surface area (Å²) in [6.07, 6.45) is 0.860. The second-order valence-corrected chi connectivity index (χ2v) is 6.89. The fourth-order valence-corrected chi connectivity index (χ4v) is 3.64. The van der Waals surface area contributed by atoms with E-state index < -0.39 is 5.97 Å². The number of hydrogen-bond acceptors (Lipinski definition) is 4. The van der Waals surface area contributed by atoms with Crippen LogP contribution in [0.4, 0.5) is 0 Å². The Morgan fingerprint density at radius 3 is 2.36 bits per heavy atom. The number of aryl methyl sites for hydroxylation is 1. The first-order chi connectivity index (χ1) is 13.4. The summed E-state index contributed by atoms with van der Waals surface area (Å²) in [7, 11) is 1.34. The third kappa shape index (κ3) is 5.01. The molecule has 0 fully saturated rings. The summed E-state index contributed by atoms with van der Waals surface area (Å²) in [6.45, 7) is 10.1. The molecule has 28 heavy (non-hydrogen) atoms. The molecule has 0 saturated heterocycles. The summed E-state index contributed by atoms with van der Waals surface area (Å²) >= 11 is 0. The molecule has 152 valence electrons. The Balaban J connectivity index is 2.14. The van der Waals surface area contributed by atoms with Crippen molar-refractivity contribution in [1.82, 2.24) is 15.2 Å². The van der Waals surface area contributed by atoms with E-state index in [2.05, 4.69) is 41.2 Å². The minimum absolute atomic E-state index is 0.192. The minimum Gasteiger partial charge on any atom is -0.465 e. The van der Waals surface area contributed by atoms with Gasteiger partial charge in [-0.1, -0.05) is 44.2 Å². The van der Waals surface area contributed by atoms with E-state index in [1.165, 1.54) is 12.7 Å². The number of ether oxygens (including phenoxy) is 1. The Hall–Kier alpha value is -2.60. The molecule has 0 bridgehead atoms. The smallest absolute Gasteiger partial charge is 0.339 e. The highest BCUT2D eigenvalue weighted by atomic mass is 16.5. The van der Waals surface area contributed by atoms with Crippen LogP contribution in [0.1, 0.15) is 51.5 Å². The molecule has 0 aliphatic carbocycles. The number of esters is 1. The number of carbonyl (C=O) groups is 2. The average Bonchev–Trinajstić information content (AvgIpc) is 3.01. The van der Waals surface area contributed by atoms with Crippen molar-refractivity contribution >= 4 is 11.9 Å². The molecule has 6 nitrogen and oxygen atoms in total. The third-order valence-electron chi connectivity index (χ3n) is 5.20. The molecule has 0 radical (unpaired) electrons. The first-order valence-corrected chi connectivity index (χ1v) is 9.76. The predicted octanol–water partition coefficient (Wildman–Crippen LogP) is 3.10. The minimum atomic E-state index is -0.435. The van der Waals surface area contributed by atoms with Crippen LogP contribution in [0, 0.1) is 13.8 Å². The number of amides is 1. The largest absolute Gasteiger partial charge is 0.465 e. The van der Waals surface area contributed by atoms with Crippen molar-refractivity contribution < 1.29 is 14.3 Å². The first-order valence-electron chi connectivity index (χ1n) is 9.76. The highest BCUT2D eigenvalue weighted by Crippen LogP contribution is 2.19. The second kappa shape index (κ2) is 10.1. The molecular formula is C22H31N3O3. The van der Waals surface area contributed by atoms with Crippen LogP contribution in [0.2, 0.25) is 0 Å². The van der Waals surface area contributed by atoms with Gasteiger partial charge < -0.3 is 15.0 Å². The van der Waals surface area contributed by atoms with Gasteiger partial charge in [0, 0.05) is 18.3 Å². The zero-order chi connectivity index (χ0) is 20.7. The van der Waals surface area contributed by atoms with Gasteiger partial charge in [-0.25, -0.2) is 4.79 Å². The number of carbonyl (C=O) groups excluding carboxylic acids is 2. The van der Waals surface area contributed by atoms with E-state index in [1.54, 1.807) is 13.8 Å². The van der Waals surface area contributed by atoms with E-state index in [4.69, 9.17) is 4.74 Å². The Morgan fingerprint density at radius 2 is 1.79 bits per heavy atom. The molecule has 0 unspecified atom stereocenters. The normalized spacial score (nSPS) is 12.1. The summed E-state index contributed by atoms with van der Waals surface area (Å²) in [5.41, 5.74) is 3.34. The predicted molar refractivity (Wildman–Crippen MR) is 111 cm³/mol. The third-order valence-corrected chi connectivity index (χ3v) is 5.20. The van der Waals surface area contributed by atoms with Crippen LogP contribution in [-0.4, -0.2) is 54.5 Å². The zero-order valence-electron chi connectivity index (χ0n) is 17.5. The van der Waals surface area contributed by atoms with Crippen LogP contribution in [0.15, 0.2) is 30.3 Å². The van der Waals surface area contributed by atoms with Gasteiger partial charge >= 0.3 is 5.97 Å². The lowest BCUT2D eigenvalue weighted by atomic mass is 10.0. The van der Waals surface area contributed by atoms with E-state index in [-0.39, 0.29) is 11.9 Å². The van der Waals surface area contributed by atoms with Crippen molar-refractivity contribution in [2.45, 2.75) is 40.2 Å². The van der Waals surface area contributed by atoms with E-state index in [0.29, 0.717) is 29.1 Å². The number of methoxy groups -OCH3 is 1. The molecule has 0 spiro atoms. The maximum Gasteiger partial charge on any atom is 0.339 e. The topological polar surface area (TPSA) is 74.4 Å². The Kier molecular flexibility index (Phi) is 7.81. The Labute approximate surface area is 167 Å². The SMILES string of the molecule is CCN(CC)[C@@H](CNC(=O)c1[nH]c(C)c(C(=O)OC)c1C)Cc1ccccc1. The summed E-state index contributed by atoms with van der Waals surface area (Å²) in [5.74, 6) is -0.642. The first kappa shape index (κ1) is 21.7. The van der Waals surface area contributed by atoms with Gasteiger partial charge in [0.2, 0.25) is 0 Å². The highest BCUT2D eigenvalue weighted by Gasteiger charge is 2.24. The van der Waals surface area contributed by atoms with Crippen LogP contribution in [0.3, 0.4) is 0 Å². The lowest BCUT2D eigenvalue weighted by Crippen LogP contribution is -2.45. The quantitative estimate of drug-likeness (QED) is 0.651. The molecule has 1 aromatic heterocycles. The molecule has 0 aliphatic rings. The van der Waals surface area contributed by atoms with Crippen molar-refractivity contribution in [3.05, 3.63) is 58.4 Å². The Morgan fingerprint density at radius 1 is 1.14 bits per heavy atom. The number of hydrogen-bond donors (Lipinski definition) is 2. The maximum atomic E-state index is 12.8. The number of nitrogens with one attached hydrogen (secondary N) is 2. The number of benzene rings is 1. The molecule has 1 aromatic carbocycles. The standard InChI is InChI=1S/C22H31N3O3/c1-6-25(7-2)18(13-17-11-9-8-10-12-17)14-23-21(26)20-15(3)19(16(4)24-20)22(27)28-5/h8-12,18,24H,6-7,13-14H2,1-5H3,(H,23,26)/t18-/m1/s1. The van der Waals surface area contributed by atoms with Crippen molar-refractivity contribution in [3.63, 3.8) is 0 Å².